The van der Waals surface area contributed by atoms with Crippen LogP contribution in [-0.2, 0) is 0 Å². The number of aromatic nitrogens is 1. The van der Waals surface area contributed by atoms with E-state index in [1.165, 1.54) is 12.3 Å². The zero-order valence-corrected chi connectivity index (χ0v) is 12.1. The fraction of sp³-hybridized carbons (Fsp3) is 0. The fourth-order valence-electron chi connectivity index (χ4n) is 2.28. The third-order valence-electron chi connectivity index (χ3n) is 3.15. The molecule has 6 heteroatoms. The van der Waals surface area contributed by atoms with E-state index < -0.39 is 4.92 Å². The van der Waals surface area contributed by atoms with E-state index in [2.05, 4.69) is 4.98 Å². The van der Waals surface area contributed by atoms with Crippen LogP contribution in [0.1, 0.15) is 0 Å². The molecule has 0 radical (unpaired) electrons. The maximum absolute atomic E-state index is 11.1. The Balaban J connectivity index is 2.33. The minimum Gasteiger partial charge on any atom is -0.263 e. The highest BCUT2D eigenvalue weighted by Crippen LogP contribution is 2.34. The largest absolute Gasteiger partial charge is 0.278 e. The highest BCUT2D eigenvalue weighted by molar-refractivity contribution is 6.35. The molecule has 0 aliphatic rings. The molecule has 0 atom stereocenters. The highest BCUT2D eigenvalue weighted by atomic mass is 35.5. The summed E-state index contributed by atoms with van der Waals surface area (Å²) in [6, 6.07) is 10.1. The third kappa shape index (κ3) is 2.55. The predicted molar refractivity (Wildman–Crippen MR) is 83.9 cm³/mol. The van der Waals surface area contributed by atoms with Gasteiger partial charge >= 0.3 is 0 Å². The second-order valence-electron chi connectivity index (χ2n) is 4.47. The number of pyridine rings is 1. The predicted octanol–water partition coefficient (Wildman–Crippen LogP) is 5.12. The van der Waals surface area contributed by atoms with Gasteiger partial charge in [0.1, 0.15) is 0 Å². The Kier molecular flexibility index (Phi) is 3.49. The number of halogens is 2. The van der Waals surface area contributed by atoms with Gasteiger partial charge in [0, 0.05) is 34.1 Å². The van der Waals surface area contributed by atoms with Crippen molar-refractivity contribution in [3.63, 3.8) is 0 Å². The molecule has 104 valence electrons. The number of rotatable bonds is 2. The van der Waals surface area contributed by atoms with Gasteiger partial charge in [-0.1, -0.05) is 35.3 Å². The number of non-ortho nitro benzene ring substituents is 1. The molecule has 4 nitrogen and oxygen atoms in total. The van der Waals surface area contributed by atoms with Gasteiger partial charge in [0.15, 0.2) is 0 Å². The molecule has 2 aromatic carbocycles. The van der Waals surface area contributed by atoms with Gasteiger partial charge in [0.25, 0.3) is 5.69 Å². The first-order valence-corrected chi connectivity index (χ1v) is 6.79. The fourth-order valence-corrected chi connectivity index (χ4v) is 2.80. The van der Waals surface area contributed by atoms with Crippen molar-refractivity contribution in [2.75, 3.05) is 0 Å². The first-order chi connectivity index (χ1) is 10.1. The van der Waals surface area contributed by atoms with Crippen molar-refractivity contribution < 1.29 is 4.92 Å². The van der Waals surface area contributed by atoms with E-state index in [-0.39, 0.29) is 5.69 Å². The van der Waals surface area contributed by atoms with Gasteiger partial charge < -0.3 is 0 Å². The summed E-state index contributed by atoms with van der Waals surface area (Å²) in [6.07, 6.45) is 3.14. The van der Waals surface area contributed by atoms with E-state index in [0.29, 0.717) is 15.4 Å². The van der Waals surface area contributed by atoms with E-state index in [9.17, 15) is 10.1 Å². The van der Waals surface area contributed by atoms with Crippen LogP contribution in [0.25, 0.3) is 21.9 Å². The Bertz CT molecular complexity index is 845. The Morgan fingerprint density at radius 1 is 1.00 bits per heavy atom. The molecule has 0 unspecified atom stereocenters. The molecule has 1 aromatic heterocycles. The van der Waals surface area contributed by atoms with Crippen LogP contribution < -0.4 is 0 Å². The maximum atomic E-state index is 11.1. The summed E-state index contributed by atoms with van der Waals surface area (Å²) in [7, 11) is 0. The molecule has 0 aliphatic carbocycles. The van der Waals surface area contributed by atoms with Crippen LogP contribution in [0.3, 0.4) is 0 Å². The molecule has 0 spiro atoms. The van der Waals surface area contributed by atoms with Crippen molar-refractivity contribution in [1.82, 2.24) is 4.98 Å². The molecule has 21 heavy (non-hydrogen) atoms. The second-order valence-corrected chi connectivity index (χ2v) is 5.35. The van der Waals surface area contributed by atoms with Crippen molar-refractivity contribution >= 4 is 39.7 Å². The average Bonchev–Trinajstić information content (AvgIpc) is 2.44. The second kappa shape index (κ2) is 5.31. The van der Waals surface area contributed by atoms with Gasteiger partial charge in [-0.05, 0) is 29.1 Å². The lowest BCUT2D eigenvalue weighted by Gasteiger charge is -2.07. The van der Waals surface area contributed by atoms with E-state index in [4.69, 9.17) is 23.2 Å². The lowest BCUT2D eigenvalue weighted by atomic mass is 10.0. The van der Waals surface area contributed by atoms with Crippen molar-refractivity contribution in [1.29, 1.82) is 0 Å². The van der Waals surface area contributed by atoms with Gasteiger partial charge in [0.05, 0.1) is 10.3 Å². The number of hydrogen-bond acceptors (Lipinski definition) is 3. The number of benzene rings is 2. The molecule has 0 fully saturated rings. The van der Waals surface area contributed by atoms with Crippen molar-refractivity contribution in [2.45, 2.75) is 0 Å². The first-order valence-electron chi connectivity index (χ1n) is 6.04. The normalized spacial score (nSPS) is 10.8. The van der Waals surface area contributed by atoms with Crippen LogP contribution in [0.5, 0.6) is 0 Å². The Morgan fingerprint density at radius 2 is 1.71 bits per heavy atom. The zero-order chi connectivity index (χ0) is 15.0. The number of nitro groups is 1. The van der Waals surface area contributed by atoms with Crippen LogP contribution in [0, 0.1) is 10.1 Å². The molecule has 0 bridgehead atoms. The molecule has 0 saturated heterocycles. The van der Waals surface area contributed by atoms with Crippen molar-refractivity contribution in [3.05, 3.63) is 69.0 Å². The quantitative estimate of drug-likeness (QED) is 0.487. The lowest BCUT2D eigenvalue weighted by Crippen LogP contribution is -1.91. The minimum absolute atomic E-state index is 0.0231. The summed E-state index contributed by atoms with van der Waals surface area (Å²) in [6.45, 7) is 0. The summed E-state index contributed by atoms with van der Waals surface area (Å²) in [5, 5.41) is 13.3. The van der Waals surface area contributed by atoms with Crippen LogP contribution in [0.15, 0.2) is 48.8 Å². The van der Waals surface area contributed by atoms with Gasteiger partial charge in [-0.15, -0.1) is 0 Å². The van der Waals surface area contributed by atoms with E-state index in [0.717, 1.165) is 16.5 Å². The van der Waals surface area contributed by atoms with Crippen LogP contribution in [0.4, 0.5) is 5.69 Å². The molecule has 3 aromatic rings. The number of nitrogens with zero attached hydrogens (tertiary/aromatic N) is 2. The van der Waals surface area contributed by atoms with Gasteiger partial charge in [-0.3, -0.25) is 15.1 Å². The summed E-state index contributed by atoms with van der Waals surface area (Å²) < 4.78 is 0. The summed E-state index contributed by atoms with van der Waals surface area (Å²) in [4.78, 5) is 14.8. The maximum Gasteiger partial charge on any atom is 0.278 e. The standard InChI is InChI=1S/C15H8Cl2N2O2/c16-10-4-9(5-11(17)6-10)13-7-18-8-14-12(13)2-1-3-15(14)19(20)21/h1-8H. The highest BCUT2D eigenvalue weighted by Gasteiger charge is 2.14. The molecular formula is C15H8Cl2N2O2. The zero-order valence-electron chi connectivity index (χ0n) is 10.6. The number of nitro benzene ring substituents is 1. The molecule has 0 N–H and O–H groups in total. The SMILES string of the molecule is O=[N+]([O-])c1cccc2c(-c3cc(Cl)cc(Cl)c3)cncc12. The Hall–Kier alpha value is -2.17. The third-order valence-corrected chi connectivity index (χ3v) is 3.59. The molecule has 0 aliphatic heterocycles. The summed E-state index contributed by atoms with van der Waals surface area (Å²) >= 11 is 12.0. The summed E-state index contributed by atoms with van der Waals surface area (Å²) in [5.41, 5.74) is 1.54. The van der Waals surface area contributed by atoms with Gasteiger partial charge in [-0.2, -0.15) is 0 Å². The lowest BCUT2D eigenvalue weighted by molar-refractivity contribution is -0.383. The van der Waals surface area contributed by atoms with Crippen molar-refractivity contribution in [2.24, 2.45) is 0 Å². The summed E-state index contributed by atoms with van der Waals surface area (Å²) in [5.74, 6) is 0. The van der Waals surface area contributed by atoms with E-state index in [1.54, 1.807) is 30.5 Å². The van der Waals surface area contributed by atoms with Crippen LogP contribution in [0.2, 0.25) is 10.0 Å². The monoisotopic (exact) mass is 318 g/mol. The van der Waals surface area contributed by atoms with Crippen LogP contribution in [-0.4, -0.2) is 9.91 Å². The first kappa shape index (κ1) is 13.8. The average molecular weight is 319 g/mol. The van der Waals surface area contributed by atoms with Crippen molar-refractivity contribution in [3.8, 4) is 11.1 Å². The Labute approximate surface area is 130 Å². The molecule has 1 heterocycles. The van der Waals surface area contributed by atoms with Crippen LogP contribution >= 0.6 is 23.2 Å². The van der Waals surface area contributed by atoms with E-state index >= 15 is 0 Å². The number of fused-ring (bicyclic) bond motifs is 1. The van der Waals surface area contributed by atoms with Gasteiger partial charge in [0.2, 0.25) is 0 Å². The number of hydrogen-bond donors (Lipinski definition) is 0. The molecule has 0 amide bonds. The molecule has 0 saturated carbocycles. The topological polar surface area (TPSA) is 56.0 Å². The smallest absolute Gasteiger partial charge is 0.263 e. The van der Waals surface area contributed by atoms with E-state index in [1.807, 2.05) is 6.07 Å². The molecular weight excluding hydrogens is 311 g/mol. The minimum atomic E-state index is -0.418. The molecule has 3 rings (SSSR count). The van der Waals surface area contributed by atoms with Gasteiger partial charge in [-0.25, -0.2) is 0 Å². The Morgan fingerprint density at radius 3 is 2.38 bits per heavy atom.